The molecule has 0 spiro atoms. The molecule has 1 aliphatic heterocycles. The molecule has 0 N–H and O–H groups in total. The topological polar surface area (TPSA) is 21.6 Å². The predicted octanol–water partition coefficient (Wildman–Crippen LogP) is 2.80. The van der Waals surface area contributed by atoms with Gasteiger partial charge in [-0.05, 0) is 49.1 Å². The van der Waals surface area contributed by atoms with Crippen LogP contribution in [-0.4, -0.2) is 13.3 Å². The third-order valence-corrected chi connectivity index (χ3v) is 2.29. The highest BCUT2D eigenvalue weighted by Gasteiger charge is 1.94. The van der Waals surface area contributed by atoms with E-state index in [1.165, 1.54) is 0 Å². The highest BCUT2D eigenvalue weighted by atomic mass is 16.5. The van der Waals surface area contributed by atoms with Gasteiger partial charge in [-0.25, -0.2) is 0 Å². The van der Waals surface area contributed by atoms with Gasteiger partial charge in [0.15, 0.2) is 0 Å². The Morgan fingerprint density at radius 2 is 1.94 bits per heavy atom. The summed E-state index contributed by atoms with van der Waals surface area (Å²) >= 11 is 0. The van der Waals surface area contributed by atoms with Crippen molar-refractivity contribution in [2.24, 2.45) is 4.99 Å². The molecular formula is C14H13NO. The van der Waals surface area contributed by atoms with E-state index >= 15 is 0 Å². The van der Waals surface area contributed by atoms with Crippen molar-refractivity contribution in [1.82, 2.24) is 0 Å². The smallest absolute Gasteiger partial charge is 0.118 e. The van der Waals surface area contributed by atoms with Crippen molar-refractivity contribution >= 4 is 6.21 Å². The van der Waals surface area contributed by atoms with Crippen molar-refractivity contribution in [3.8, 4) is 17.6 Å². The lowest BCUT2D eigenvalue weighted by atomic mass is 10.2. The van der Waals surface area contributed by atoms with E-state index in [1.807, 2.05) is 30.5 Å². The molecule has 1 aromatic carbocycles. The average Bonchev–Trinajstić information content (AvgIpc) is 2.38. The van der Waals surface area contributed by atoms with Crippen LogP contribution < -0.4 is 4.74 Å². The van der Waals surface area contributed by atoms with Crippen LogP contribution >= 0.6 is 0 Å². The molecule has 0 saturated carbocycles. The number of rotatable bonds is 1. The van der Waals surface area contributed by atoms with Crippen molar-refractivity contribution in [3.63, 3.8) is 0 Å². The largest absolute Gasteiger partial charge is 0.497 e. The molecule has 80 valence electrons. The van der Waals surface area contributed by atoms with Crippen molar-refractivity contribution in [2.45, 2.75) is 12.8 Å². The Balaban J connectivity index is 2.11. The number of allylic oxidation sites excluding steroid dienone is 2. The predicted molar refractivity (Wildman–Crippen MR) is 65.7 cm³/mol. The number of hydrogen-bond acceptors (Lipinski definition) is 2. The summed E-state index contributed by atoms with van der Waals surface area (Å²) in [6.07, 6.45) is 6.04. The summed E-state index contributed by atoms with van der Waals surface area (Å²) in [4.78, 5) is 4.22. The normalized spacial score (nSPS) is 13.7. The minimum atomic E-state index is 0.848. The third-order valence-electron chi connectivity index (χ3n) is 2.29. The fourth-order valence-electron chi connectivity index (χ4n) is 1.40. The van der Waals surface area contributed by atoms with E-state index in [2.05, 4.69) is 22.9 Å². The molecule has 2 nitrogen and oxygen atoms in total. The standard InChI is InChI=1S/C14H13NO/c1-16-14-9-6-12(7-10-14)5-8-13-4-2-3-11-15-13/h4,6-7,9-11H,2-3H2,1H3. The van der Waals surface area contributed by atoms with Gasteiger partial charge in [0, 0.05) is 11.8 Å². The molecule has 1 heterocycles. The lowest BCUT2D eigenvalue weighted by Gasteiger charge is -1.98. The minimum Gasteiger partial charge on any atom is -0.497 e. The summed E-state index contributed by atoms with van der Waals surface area (Å²) in [5.41, 5.74) is 1.84. The molecule has 0 bridgehead atoms. The molecule has 2 rings (SSSR count). The van der Waals surface area contributed by atoms with Gasteiger partial charge in [0.1, 0.15) is 11.4 Å². The molecule has 0 aromatic heterocycles. The van der Waals surface area contributed by atoms with Crippen LogP contribution in [0.1, 0.15) is 18.4 Å². The summed E-state index contributed by atoms with van der Waals surface area (Å²) in [5.74, 6) is 6.97. The van der Waals surface area contributed by atoms with Crippen LogP contribution in [0.3, 0.4) is 0 Å². The van der Waals surface area contributed by atoms with Crippen LogP contribution in [0.15, 0.2) is 41.0 Å². The Bertz CT molecular complexity index is 472. The first-order chi connectivity index (χ1) is 7.88. The van der Waals surface area contributed by atoms with Crippen LogP contribution in [0, 0.1) is 11.8 Å². The fraction of sp³-hybridized carbons (Fsp3) is 0.214. The first kappa shape index (κ1) is 10.5. The van der Waals surface area contributed by atoms with Crippen LogP contribution in [0.5, 0.6) is 5.75 Å². The second kappa shape index (κ2) is 5.18. The molecule has 0 fully saturated rings. The zero-order valence-electron chi connectivity index (χ0n) is 9.23. The van der Waals surface area contributed by atoms with E-state index in [0.29, 0.717) is 0 Å². The summed E-state index contributed by atoms with van der Waals surface area (Å²) in [6, 6.07) is 7.70. The van der Waals surface area contributed by atoms with Gasteiger partial charge < -0.3 is 4.74 Å². The summed E-state index contributed by atoms with van der Waals surface area (Å²) < 4.78 is 5.08. The highest BCUT2D eigenvalue weighted by molar-refractivity contribution is 5.62. The molecule has 16 heavy (non-hydrogen) atoms. The molecule has 2 heteroatoms. The van der Waals surface area contributed by atoms with E-state index in [0.717, 1.165) is 29.9 Å². The van der Waals surface area contributed by atoms with Gasteiger partial charge in [-0.3, -0.25) is 4.99 Å². The summed E-state index contributed by atoms with van der Waals surface area (Å²) in [5, 5.41) is 0. The lowest BCUT2D eigenvalue weighted by molar-refractivity contribution is 0.415. The van der Waals surface area contributed by atoms with Gasteiger partial charge in [0.25, 0.3) is 0 Å². The summed E-state index contributed by atoms with van der Waals surface area (Å²) in [7, 11) is 1.65. The molecule has 0 saturated heterocycles. The molecule has 0 unspecified atom stereocenters. The average molecular weight is 211 g/mol. The van der Waals surface area contributed by atoms with Crippen molar-refractivity contribution in [1.29, 1.82) is 0 Å². The molecule has 0 amide bonds. The van der Waals surface area contributed by atoms with Gasteiger partial charge in [-0.15, -0.1) is 0 Å². The fourth-order valence-corrected chi connectivity index (χ4v) is 1.40. The first-order valence-corrected chi connectivity index (χ1v) is 5.27. The van der Waals surface area contributed by atoms with Crippen molar-refractivity contribution in [3.05, 3.63) is 41.6 Å². The van der Waals surface area contributed by atoms with Crippen molar-refractivity contribution < 1.29 is 4.74 Å². The van der Waals surface area contributed by atoms with Crippen LogP contribution in [0.4, 0.5) is 0 Å². The third kappa shape index (κ3) is 2.74. The summed E-state index contributed by atoms with van der Waals surface area (Å²) in [6.45, 7) is 0. The van der Waals surface area contributed by atoms with Crippen LogP contribution in [0.25, 0.3) is 0 Å². The quantitative estimate of drug-likeness (QED) is 0.654. The number of benzene rings is 1. The van der Waals surface area contributed by atoms with Gasteiger partial charge in [0.2, 0.25) is 0 Å². The van der Waals surface area contributed by atoms with Crippen LogP contribution in [-0.2, 0) is 0 Å². The second-order valence-corrected chi connectivity index (χ2v) is 3.46. The zero-order valence-corrected chi connectivity index (χ0v) is 9.23. The lowest BCUT2D eigenvalue weighted by Crippen LogP contribution is -1.86. The monoisotopic (exact) mass is 211 g/mol. The van der Waals surface area contributed by atoms with E-state index < -0.39 is 0 Å². The maximum Gasteiger partial charge on any atom is 0.118 e. The minimum absolute atomic E-state index is 0.848. The maximum atomic E-state index is 5.08. The van der Waals surface area contributed by atoms with Gasteiger partial charge in [-0.2, -0.15) is 0 Å². The Morgan fingerprint density at radius 3 is 2.56 bits per heavy atom. The van der Waals surface area contributed by atoms with E-state index in [1.54, 1.807) is 7.11 Å². The second-order valence-electron chi connectivity index (χ2n) is 3.46. The zero-order chi connectivity index (χ0) is 11.2. The molecule has 0 atom stereocenters. The molecule has 1 aromatic rings. The SMILES string of the molecule is COc1ccc(C#CC2=CCCC=N2)cc1. The Hall–Kier alpha value is -2.01. The van der Waals surface area contributed by atoms with Gasteiger partial charge in [0.05, 0.1) is 7.11 Å². The van der Waals surface area contributed by atoms with E-state index in [-0.39, 0.29) is 0 Å². The number of nitrogens with zero attached hydrogens (tertiary/aromatic N) is 1. The molecule has 0 aliphatic carbocycles. The highest BCUT2D eigenvalue weighted by Crippen LogP contribution is 2.11. The van der Waals surface area contributed by atoms with Gasteiger partial charge >= 0.3 is 0 Å². The van der Waals surface area contributed by atoms with Crippen LogP contribution in [0.2, 0.25) is 0 Å². The Kier molecular flexibility index (Phi) is 3.40. The first-order valence-electron chi connectivity index (χ1n) is 5.27. The number of aliphatic imine (C=N–C) groups is 1. The number of methoxy groups -OCH3 is 1. The Labute approximate surface area is 95.7 Å². The Morgan fingerprint density at radius 1 is 1.12 bits per heavy atom. The molecule has 1 aliphatic rings. The molecule has 0 radical (unpaired) electrons. The van der Waals surface area contributed by atoms with E-state index in [4.69, 9.17) is 4.74 Å². The van der Waals surface area contributed by atoms with Crippen molar-refractivity contribution in [2.75, 3.05) is 7.11 Å². The molecular weight excluding hydrogens is 198 g/mol. The van der Waals surface area contributed by atoms with E-state index in [9.17, 15) is 0 Å². The number of hydrogen-bond donors (Lipinski definition) is 0. The maximum absolute atomic E-state index is 5.08. The van der Waals surface area contributed by atoms with Gasteiger partial charge in [-0.1, -0.05) is 5.92 Å². The number of ether oxygens (including phenoxy) is 1.